The van der Waals surface area contributed by atoms with Crippen LogP contribution >= 0.6 is 0 Å². The van der Waals surface area contributed by atoms with Crippen molar-refractivity contribution in [3.05, 3.63) is 36.3 Å². The molecule has 3 unspecified atom stereocenters. The van der Waals surface area contributed by atoms with E-state index >= 15 is 0 Å². The summed E-state index contributed by atoms with van der Waals surface area (Å²) >= 11 is 0. The van der Waals surface area contributed by atoms with Gasteiger partial charge >= 0.3 is 0 Å². The van der Waals surface area contributed by atoms with Crippen LogP contribution < -0.4 is 5.73 Å². The van der Waals surface area contributed by atoms with E-state index in [1.54, 1.807) is 6.20 Å². The molecule has 3 atom stereocenters. The van der Waals surface area contributed by atoms with E-state index in [2.05, 4.69) is 21.0 Å². The molecule has 2 aliphatic rings. The van der Waals surface area contributed by atoms with Crippen molar-refractivity contribution in [3.8, 4) is 0 Å². The number of aliphatic hydroxyl groups excluding tert-OH is 1. The lowest BCUT2D eigenvalue weighted by Crippen LogP contribution is -2.41. The molecule has 4 N–H and O–H groups in total. The van der Waals surface area contributed by atoms with Crippen LogP contribution in [0.2, 0.25) is 0 Å². The minimum atomic E-state index is -3.37. The Bertz CT molecular complexity index is 1300. The zero-order chi connectivity index (χ0) is 23.9. The van der Waals surface area contributed by atoms with Gasteiger partial charge < -0.3 is 15.8 Å². The highest BCUT2D eigenvalue weighted by Gasteiger charge is 2.39. The highest BCUT2D eigenvalue weighted by Crippen LogP contribution is 2.41. The van der Waals surface area contributed by atoms with Crippen LogP contribution in [0.4, 0.5) is 0 Å². The molecule has 0 saturated heterocycles. The van der Waals surface area contributed by atoms with Crippen LogP contribution in [0.25, 0.3) is 21.9 Å². The quantitative estimate of drug-likeness (QED) is 0.491. The average Bonchev–Trinajstić information content (AvgIpc) is 3.32. The van der Waals surface area contributed by atoms with Crippen LogP contribution in [0.3, 0.4) is 0 Å². The standard InChI is InChI=1S/C25H32N4O4S/c26-24(31)20-6-1-15(13-30)11-17(20)14-34(32,33)18-4-2-16(3-5-18)19-7-9-27-22-12-29-25-21(23(19)22)8-10-28-25/h7-10,12,15-18,20,27,30H,1-6,11,13-14H2,(H2,26,31). The van der Waals surface area contributed by atoms with Gasteiger partial charge in [0, 0.05) is 35.7 Å². The summed E-state index contributed by atoms with van der Waals surface area (Å²) in [6, 6.07) is 4.08. The third kappa shape index (κ3) is 4.31. The highest BCUT2D eigenvalue weighted by atomic mass is 32.2. The summed E-state index contributed by atoms with van der Waals surface area (Å²) < 4.78 is 26.8. The first-order chi connectivity index (χ1) is 16.4. The number of pyridine rings is 2. The maximum atomic E-state index is 13.4. The predicted molar refractivity (Wildman–Crippen MR) is 131 cm³/mol. The lowest BCUT2D eigenvalue weighted by atomic mass is 9.75. The van der Waals surface area contributed by atoms with E-state index < -0.39 is 26.9 Å². The third-order valence-electron chi connectivity index (χ3n) is 8.11. The number of H-pyrrole nitrogens is 1. The van der Waals surface area contributed by atoms with Crippen molar-refractivity contribution in [2.75, 3.05) is 12.4 Å². The number of primary amides is 1. The second-order valence-electron chi connectivity index (χ2n) is 10.1. The summed E-state index contributed by atoms with van der Waals surface area (Å²) in [6.45, 7) is 0.0251. The van der Waals surface area contributed by atoms with Gasteiger partial charge in [-0.25, -0.2) is 18.4 Å². The third-order valence-corrected chi connectivity index (χ3v) is 10.5. The topological polar surface area (TPSA) is 139 Å². The Balaban J connectivity index is 1.32. The molecule has 0 spiro atoms. The van der Waals surface area contributed by atoms with Crippen LogP contribution in [0.1, 0.15) is 56.4 Å². The van der Waals surface area contributed by atoms with Crippen molar-refractivity contribution in [2.45, 2.75) is 56.1 Å². The number of nitrogens with zero attached hydrogens (tertiary/aromatic N) is 2. The van der Waals surface area contributed by atoms with Gasteiger partial charge in [-0.3, -0.25) is 4.79 Å². The number of aromatic amines is 1. The number of nitrogens with one attached hydrogen (secondary N) is 1. The second kappa shape index (κ2) is 9.26. The first kappa shape index (κ1) is 23.2. The molecule has 0 aromatic carbocycles. The maximum absolute atomic E-state index is 13.4. The summed E-state index contributed by atoms with van der Waals surface area (Å²) in [7, 11) is -3.37. The normalized spacial score (nSPS) is 28.3. The molecule has 182 valence electrons. The number of nitrogens with two attached hydrogens (primary N) is 1. The summed E-state index contributed by atoms with van der Waals surface area (Å²) in [4.78, 5) is 24.0. The molecule has 0 radical (unpaired) electrons. The predicted octanol–water partition coefficient (Wildman–Crippen LogP) is 3.06. The zero-order valence-corrected chi connectivity index (χ0v) is 20.0. The van der Waals surface area contributed by atoms with Gasteiger partial charge in [0.05, 0.1) is 22.7 Å². The molecule has 34 heavy (non-hydrogen) atoms. The molecule has 0 aliphatic heterocycles. The van der Waals surface area contributed by atoms with Crippen LogP contribution in [-0.4, -0.2) is 52.0 Å². The van der Waals surface area contributed by atoms with Crippen LogP contribution in [0, 0.1) is 17.8 Å². The van der Waals surface area contributed by atoms with Crippen molar-refractivity contribution < 1.29 is 18.3 Å². The van der Waals surface area contributed by atoms with Gasteiger partial charge in [-0.05, 0) is 80.4 Å². The minimum absolute atomic E-state index is 0.0128. The Morgan fingerprint density at radius 2 is 1.91 bits per heavy atom. The van der Waals surface area contributed by atoms with E-state index in [9.17, 15) is 18.3 Å². The average molecular weight is 485 g/mol. The Kier molecular flexibility index (Phi) is 6.33. The van der Waals surface area contributed by atoms with Crippen molar-refractivity contribution in [3.63, 3.8) is 0 Å². The fourth-order valence-corrected chi connectivity index (χ4v) is 8.51. The number of hydrogen-bond acceptors (Lipinski definition) is 6. The molecule has 2 fully saturated rings. The number of carbonyl (C=O) groups excluding carboxylic acids is 1. The number of aliphatic hydroxyl groups is 1. The Morgan fingerprint density at radius 1 is 1.12 bits per heavy atom. The van der Waals surface area contributed by atoms with E-state index in [1.807, 2.05) is 18.5 Å². The summed E-state index contributed by atoms with van der Waals surface area (Å²) in [5, 5.41) is 11.3. The number of amides is 1. The molecular weight excluding hydrogens is 452 g/mol. The Morgan fingerprint density at radius 3 is 2.65 bits per heavy atom. The van der Waals surface area contributed by atoms with E-state index in [4.69, 9.17) is 5.73 Å². The first-order valence-corrected chi connectivity index (χ1v) is 13.9. The molecule has 3 aromatic heterocycles. The van der Waals surface area contributed by atoms with Gasteiger partial charge in [0.15, 0.2) is 15.5 Å². The number of hydrogen-bond donors (Lipinski definition) is 3. The molecule has 2 saturated carbocycles. The van der Waals surface area contributed by atoms with Crippen LogP contribution in [-0.2, 0) is 14.6 Å². The van der Waals surface area contributed by atoms with Crippen molar-refractivity contribution >= 4 is 37.7 Å². The molecule has 0 bridgehead atoms. The first-order valence-electron chi connectivity index (χ1n) is 12.2. The van der Waals surface area contributed by atoms with Gasteiger partial charge in [0.2, 0.25) is 5.91 Å². The van der Waals surface area contributed by atoms with E-state index in [0.29, 0.717) is 25.7 Å². The van der Waals surface area contributed by atoms with E-state index in [0.717, 1.165) is 41.2 Å². The molecule has 2 aliphatic carbocycles. The lowest BCUT2D eigenvalue weighted by Gasteiger charge is -2.35. The SMILES string of the molecule is NC(=O)C1CCC(CO)CC1CS(=O)(=O)C1CCC(c2cc[nH]c3cnc4nccc4c23)CC1. The fourth-order valence-electron chi connectivity index (χ4n) is 6.28. The number of sulfone groups is 1. The van der Waals surface area contributed by atoms with E-state index in [-0.39, 0.29) is 30.1 Å². The van der Waals surface area contributed by atoms with E-state index in [1.165, 1.54) is 5.56 Å². The molecule has 8 nitrogen and oxygen atoms in total. The van der Waals surface area contributed by atoms with Crippen LogP contribution in [0.5, 0.6) is 0 Å². The molecule has 1 amide bonds. The number of carbonyl (C=O) groups is 1. The Labute approximate surface area is 199 Å². The molecule has 9 heteroatoms. The summed E-state index contributed by atoms with van der Waals surface area (Å²) in [6.07, 6.45) is 10.1. The smallest absolute Gasteiger partial charge is 0.220 e. The van der Waals surface area contributed by atoms with Gasteiger partial charge in [-0.1, -0.05) is 0 Å². The van der Waals surface area contributed by atoms with Gasteiger partial charge in [0.1, 0.15) is 0 Å². The number of fused-ring (bicyclic) bond motifs is 3. The molecular formula is C25H32N4O4S. The van der Waals surface area contributed by atoms with Crippen molar-refractivity contribution in [1.29, 1.82) is 0 Å². The largest absolute Gasteiger partial charge is 0.396 e. The lowest BCUT2D eigenvalue weighted by molar-refractivity contribution is -0.124. The monoisotopic (exact) mass is 484 g/mol. The van der Waals surface area contributed by atoms with Gasteiger partial charge in [-0.2, -0.15) is 0 Å². The maximum Gasteiger partial charge on any atom is 0.220 e. The fraction of sp³-hybridized carbons (Fsp3) is 0.560. The summed E-state index contributed by atoms with van der Waals surface area (Å²) in [5.74, 6) is -0.833. The summed E-state index contributed by atoms with van der Waals surface area (Å²) in [5.41, 5.74) is 8.50. The highest BCUT2D eigenvalue weighted by molar-refractivity contribution is 7.92. The number of rotatable bonds is 6. The van der Waals surface area contributed by atoms with Crippen molar-refractivity contribution in [2.24, 2.45) is 23.5 Å². The van der Waals surface area contributed by atoms with Gasteiger partial charge in [-0.15, -0.1) is 0 Å². The Hall–Kier alpha value is -2.52. The minimum Gasteiger partial charge on any atom is -0.396 e. The van der Waals surface area contributed by atoms with Crippen molar-refractivity contribution in [1.82, 2.24) is 15.0 Å². The molecule has 3 heterocycles. The van der Waals surface area contributed by atoms with Gasteiger partial charge in [0.25, 0.3) is 0 Å². The molecule has 3 aromatic rings. The zero-order valence-electron chi connectivity index (χ0n) is 19.2. The molecule has 5 rings (SSSR count). The van der Waals surface area contributed by atoms with Crippen LogP contribution in [0.15, 0.2) is 30.7 Å². The second-order valence-corrected chi connectivity index (χ2v) is 12.4. The number of aromatic nitrogens is 3.